The van der Waals surface area contributed by atoms with Crippen molar-refractivity contribution in [2.75, 3.05) is 24.2 Å². The summed E-state index contributed by atoms with van der Waals surface area (Å²) in [5, 5.41) is 2.59. The zero-order valence-electron chi connectivity index (χ0n) is 12.3. The van der Waals surface area contributed by atoms with Gasteiger partial charge in [0.15, 0.2) is 22.6 Å². The highest BCUT2D eigenvalue weighted by atomic mass is 32.2. The van der Waals surface area contributed by atoms with E-state index in [2.05, 4.69) is 10.3 Å². The first-order valence-electron chi connectivity index (χ1n) is 7.11. The van der Waals surface area contributed by atoms with Crippen LogP contribution in [0.2, 0.25) is 0 Å². The van der Waals surface area contributed by atoms with Crippen molar-refractivity contribution < 1.29 is 18.0 Å². The molecule has 1 N–H and O–H groups in total. The molecule has 0 aliphatic carbocycles. The maximum absolute atomic E-state index is 13.6. The molecule has 1 aliphatic heterocycles. The molecule has 0 unspecified atom stereocenters. The minimum Gasteiger partial charge on any atom is -0.358 e. The molecular formula is C14H12F3N3OS3. The number of nitrogens with zero attached hydrogens (tertiary/aromatic N) is 2. The van der Waals surface area contributed by atoms with Crippen LogP contribution in [0.3, 0.4) is 0 Å². The number of aromatic nitrogens is 1. The van der Waals surface area contributed by atoms with E-state index in [1.165, 1.54) is 11.8 Å². The van der Waals surface area contributed by atoms with Gasteiger partial charge in [0.1, 0.15) is 9.84 Å². The molecule has 0 bridgehead atoms. The maximum Gasteiger partial charge on any atom is 0.236 e. The van der Waals surface area contributed by atoms with Gasteiger partial charge in [-0.2, -0.15) is 0 Å². The van der Waals surface area contributed by atoms with Crippen molar-refractivity contribution in [2.24, 2.45) is 0 Å². The first-order chi connectivity index (χ1) is 11.5. The van der Waals surface area contributed by atoms with Crippen LogP contribution in [-0.4, -0.2) is 39.0 Å². The van der Waals surface area contributed by atoms with Crippen LogP contribution in [0.25, 0.3) is 10.2 Å². The lowest BCUT2D eigenvalue weighted by molar-refractivity contribution is -0.113. The van der Waals surface area contributed by atoms with E-state index < -0.39 is 17.5 Å². The van der Waals surface area contributed by atoms with Crippen LogP contribution in [0.5, 0.6) is 0 Å². The molecule has 0 saturated carbocycles. The lowest BCUT2D eigenvalue weighted by Crippen LogP contribution is -2.25. The number of thiocarbonyl (C=S) groups is 1. The third kappa shape index (κ3) is 3.65. The summed E-state index contributed by atoms with van der Waals surface area (Å²) >= 11 is 7.38. The molecule has 1 aromatic carbocycles. The number of likely N-dealkylation sites (tertiary alicyclic amines) is 1. The summed E-state index contributed by atoms with van der Waals surface area (Å²) in [6, 6.07) is 0.859. The molecule has 2 aromatic rings. The molecule has 0 radical (unpaired) electrons. The van der Waals surface area contributed by atoms with Crippen LogP contribution >= 0.6 is 35.3 Å². The van der Waals surface area contributed by atoms with Crippen molar-refractivity contribution in [2.45, 2.75) is 12.8 Å². The van der Waals surface area contributed by atoms with Crippen LogP contribution in [0.1, 0.15) is 12.8 Å². The van der Waals surface area contributed by atoms with E-state index in [1.807, 2.05) is 4.90 Å². The fourth-order valence-corrected chi connectivity index (χ4v) is 4.26. The number of rotatable bonds is 3. The number of thioether (sulfide) groups is 1. The number of anilines is 1. The van der Waals surface area contributed by atoms with E-state index in [9.17, 15) is 18.0 Å². The van der Waals surface area contributed by atoms with Crippen LogP contribution in [-0.2, 0) is 4.79 Å². The van der Waals surface area contributed by atoms with Crippen molar-refractivity contribution in [1.29, 1.82) is 0 Å². The molecule has 1 saturated heterocycles. The number of hydrogen-bond acceptors (Lipinski definition) is 5. The summed E-state index contributed by atoms with van der Waals surface area (Å²) in [4.78, 5) is 17.8. The molecule has 1 aromatic heterocycles. The normalized spacial score (nSPS) is 14.4. The Morgan fingerprint density at radius 2 is 2.04 bits per heavy atom. The summed E-state index contributed by atoms with van der Waals surface area (Å²) in [5.74, 6) is -4.48. The monoisotopic (exact) mass is 391 g/mol. The molecule has 24 heavy (non-hydrogen) atoms. The van der Waals surface area contributed by atoms with Crippen LogP contribution in [0.4, 0.5) is 18.3 Å². The van der Waals surface area contributed by atoms with Gasteiger partial charge in [0.05, 0.1) is 10.5 Å². The number of hydrogen-bond donors (Lipinski definition) is 1. The fourth-order valence-electron chi connectivity index (χ4n) is 2.30. The highest BCUT2D eigenvalue weighted by Gasteiger charge is 2.19. The van der Waals surface area contributed by atoms with Crippen molar-refractivity contribution in [3.63, 3.8) is 0 Å². The van der Waals surface area contributed by atoms with Crippen molar-refractivity contribution in [3.8, 4) is 0 Å². The summed E-state index contributed by atoms with van der Waals surface area (Å²) in [6.45, 7) is 1.81. The zero-order valence-corrected chi connectivity index (χ0v) is 14.7. The van der Waals surface area contributed by atoms with Crippen LogP contribution < -0.4 is 5.32 Å². The largest absolute Gasteiger partial charge is 0.358 e. The molecule has 1 amide bonds. The highest BCUT2D eigenvalue weighted by Crippen LogP contribution is 2.30. The fraction of sp³-hybridized carbons (Fsp3) is 0.357. The van der Waals surface area contributed by atoms with Crippen molar-refractivity contribution in [1.82, 2.24) is 9.88 Å². The van der Waals surface area contributed by atoms with Gasteiger partial charge in [-0.05, 0) is 18.9 Å². The van der Waals surface area contributed by atoms with E-state index in [0.29, 0.717) is 4.32 Å². The summed E-state index contributed by atoms with van der Waals surface area (Å²) < 4.78 is 40.8. The predicted octanol–water partition coefficient (Wildman–Crippen LogP) is 3.77. The molecule has 3 rings (SSSR count). The topological polar surface area (TPSA) is 45.2 Å². The third-order valence-electron chi connectivity index (χ3n) is 3.46. The molecule has 1 aliphatic rings. The first-order valence-corrected chi connectivity index (χ1v) is 9.32. The molecular weight excluding hydrogens is 379 g/mol. The average molecular weight is 391 g/mol. The Morgan fingerprint density at radius 3 is 2.75 bits per heavy atom. The Labute approximate surface area is 149 Å². The quantitative estimate of drug-likeness (QED) is 0.638. The van der Waals surface area contributed by atoms with Gasteiger partial charge in [0.25, 0.3) is 0 Å². The summed E-state index contributed by atoms with van der Waals surface area (Å²) in [6.07, 6.45) is 2.19. The second kappa shape index (κ2) is 7.24. The Balaban J connectivity index is 1.63. The Morgan fingerprint density at radius 1 is 1.33 bits per heavy atom. The number of benzene rings is 1. The molecule has 2 heterocycles. The minimum absolute atomic E-state index is 0.0894. The molecule has 0 atom stereocenters. The van der Waals surface area contributed by atoms with Gasteiger partial charge in [-0.25, -0.2) is 18.2 Å². The number of carbonyl (C=O) groups is 1. The van der Waals surface area contributed by atoms with E-state index >= 15 is 0 Å². The van der Waals surface area contributed by atoms with E-state index in [-0.39, 0.29) is 27.0 Å². The molecule has 128 valence electrons. The first kappa shape index (κ1) is 17.4. The number of halogens is 3. The van der Waals surface area contributed by atoms with Gasteiger partial charge in [-0.15, -0.1) is 0 Å². The predicted molar refractivity (Wildman–Crippen MR) is 94.0 cm³/mol. The molecule has 4 nitrogen and oxygen atoms in total. The lowest BCUT2D eigenvalue weighted by Gasteiger charge is -2.17. The molecule has 1 fully saturated rings. The van der Waals surface area contributed by atoms with Crippen LogP contribution in [0.15, 0.2) is 6.07 Å². The van der Waals surface area contributed by atoms with Gasteiger partial charge >= 0.3 is 0 Å². The summed E-state index contributed by atoms with van der Waals surface area (Å²) in [5.41, 5.74) is -0.297. The minimum atomic E-state index is -1.57. The second-order valence-corrected chi connectivity index (χ2v) is 7.79. The van der Waals surface area contributed by atoms with Crippen LogP contribution in [0, 0.1) is 17.5 Å². The number of thiazole rings is 1. The van der Waals surface area contributed by atoms with Gasteiger partial charge in [0, 0.05) is 13.1 Å². The number of amides is 1. The molecule has 0 spiro atoms. The van der Waals surface area contributed by atoms with Crippen molar-refractivity contribution in [3.05, 3.63) is 23.5 Å². The smallest absolute Gasteiger partial charge is 0.236 e. The summed E-state index contributed by atoms with van der Waals surface area (Å²) in [7, 11) is 0. The number of nitrogens with one attached hydrogen (secondary N) is 1. The number of carbonyl (C=O) groups excluding carboxylic acids is 1. The zero-order chi connectivity index (χ0) is 17.3. The number of fused-ring (bicyclic) bond motifs is 1. The second-order valence-electron chi connectivity index (χ2n) is 5.15. The Bertz CT molecular complexity index is 805. The average Bonchev–Trinajstić information content (AvgIpc) is 3.20. The Hall–Kier alpha value is -1.39. The van der Waals surface area contributed by atoms with E-state index in [4.69, 9.17) is 12.2 Å². The van der Waals surface area contributed by atoms with Gasteiger partial charge < -0.3 is 10.2 Å². The lowest BCUT2D eigenvalue weighted by atomic mass is 10.3. The van der Waals surface area contributed by atoms with Gasteiger partial charge in [0.2, 0.25) is 5.91 Å². The molecule has 10 heteroatoms. The van der Waals surface area contributed by atoms with Gasteiger partial charge in [-0.1, -0.05) is 35.3 Å². The van der Waals surface area contributed by atoms with Gasteiger partial charge in [-0.3, -0.25) is 4.79 Å². The third-order valence-corrected chi connectivity index (χ3v) is 5.90. The highest BCUT2D eigenvalue weighted by molar-refractivity contribution is 8.23. The Kier molecular flexibility index (Phi) is 5.26. The standard InChI is InChI=1S/C14H12F3N3OS3/c15-7-5-8-12(11(17)10(7)16)19-13(24-8)18-9(21)6-23-14(22)20-3-1-2-4-20/h5H,1-4,6H2,(H,18,19,21). The SMILES string of the molecule is O=C(CSC(=S)N1CCCC1)Nc1nc2c(F)c(F)c(F)cc2s1. The van der Waals surface area contributed by atoms with E-state index in [0.717, 1.165) is 43.3 Å². The van der Waals surface area contributed by atoms with Crippen molar-refractivity contribution >= 4 is 60.9 Å². The van der Waals surface area contributed by atoms with E-state index in [1.54, 1.807) is 0 Å². The maximum atomic E-state index is 13.6.